The number of hydrogen-bond donors (Lipinski definition) is 0. The van der Waals surface area contributed by atoms with Gasteiger partial charge in [0.1, 0.15) is 0 Å². The Morgan fingerprint density at radius 1 is 1.00 bits per heavy atom. The van der Waals surface area contributed by atoms with E-state index in [4.69, 9.17) is 0 Å². The number of aromatic nitrogens is 5. The van der Waals surface area contributed by atoms with Gasteiger partial charge < -0.3 is 14.5 Å². The molecule has 0 amide bonds. The largest absolute Gasteiger partial charge is 2.00 e. The Morgan fingerprint density at radius 3 is 2.40 bits per heavy atom. The quantitative estimate of drug-likeness (QED) is 0.389. The van der Waals surface area contributed by atoms with Crippen LogP contribution in [-0.4, -0.2) is 19.5 Å². The molecule has 0 radical (unpaired) electrons. The van der Waals surface area contributed by atoms with Gasteiger partial charge in [-0.2, -0.15) is 0 Å². The van der Waals surface area contributed by atoms with E-state index >= 15 is 0 Å². The molecule has 0 N–H and O–H groups in total. The number of hydrogen-bond acceptors (Lipinski definition) is 3. The first-order valence-corrected chi connectivity index (χ1v) is 7.56. The number of benzene rings is 1. The van der Waals surface area contributed by atoms with E-state index in [2.05, 4.69) is 30.6 Å². The first-order chi connectivity index (χ1) is 11.8. The number of aryl methyl sites for hydroxylation is 1. The summed E-state index contributed by atoms with van der Waals surface area (Å²) in [5.74, 6) is 1.66. The van der Waals surface area contributed by atoms with Gasteiger partial charge in [0.25, 0.3) is 0 Å². The third-order valence-corrected chi connectivity index (χ3v) is 3.52. The summed E-state index contributed by atoms with van der Waals surface area (Å²) >= 11 is 0. The normalized spacial score (nSPS) is 9.68. The Bertz CT molecular complexity index is 871. The van der Waals surface area contributed by atoms with Crippen molar-refractivity contribution in [3.63, 3.8) is 0 Å². The molecule has 5 nitrogen and oxygen atoms in total. The van der Waals surface area contributed by atoms with E-state index in [1.807, 2.05) is 62.6 Å². The van der Waals surface area contributed by atoms with Crippen molar-refractivity contribution >= 4 is 0 Å². The molecule has 0 saturated heterocycles. The van der Waals surface area contributed by atoms with Crippen molar-refractivity contribution in [2.75, 3.05) is 0 Å². The summed E-state index contributed by atoms with van der Waals surface area (Å²) in [7, 11) is 2.01. The summed E-state index contributed by atoms with van der Waals surface area (Å²) in [5.41, 5.74) is 3.02. The van der Waals surface area contributed by atoms with Crippen molar-refractivity contribution < 1.29 is 21.1 Å². The number of nitrogens with zero attached hydrogens (tertiary/aromatic N) is 5. The van der Waals surface area contributed by atoms with Gasteiger partial charge in [0.2, 0.25) is 0 Å². The molecular weight excluding hydrogens is 493 g/mol. The van der Waals surface area contributed by atoms with E-state index in [1.54, 1.807) is 18.6 Å². The maximum Gasteiger partial charge on any atom is 2.00 e. The van der Waals surface area contributed by atoms with Crippen LogP contribution in [0.5, 0.6) is 0 Å². The van der Waals surface area contributed by atoms with E-state index in [1.165, 1.54) is 0 Å². The summed E-state index contributed by atoms with van der Waals surface area (Å²) in [6.45, 7) is 2.04. The second kappa shape index (κ2) is 9.09. The molecule has 0 atom stereocenters. The Labute approximate surface area is 161 Å². The Morgan fingerprint density at radius 2 is 1.84 bits per heavy atom. The molecule has 1 aromatic carbocycles. The standard InChI is InChI=1S/C11H11N2.C8H6N3.Pt/c1-9-8-12-11(13(9)2)10-6-4-3-5-7-10;1-2-4-9-7(3-1)8-10-5-6-11-8;/h3-6,8H,1-2H3;1-6H;/q2*-1;+2. The van der Waals surface area contributed by atoms with Gasteiger partial charge in [0.15, 0.2) is 0 Å². The maximum atomic E-state index is 4.32. The third kappa shape index (κ3) is 4.74. The SMILES string of the molecule is Cc1cnc(-c2[c-]cccc2)n1C.[Pt+2].c1ccc(-c2ncc[n-]2)nc1. The average Bonchev–Trinajstić information content (AvgIpc) is 3.28. The Hall–Kier alpha value is -2.52. The van der Waals surface area contributed by atoms with Crippen molar-refractivity contribution in [2.45, 2.75) is 6.92 Å². The van der Waals surface area contributed by atoms with E-state index < -0.39 is 0 Å². The van der Waals surface area contributed by atoms with Crippen LogP contribution >= 0.6 is 0 Å². The molecule has 3 heterocycles. The molecule has 25 heavy (non-hydrogen) atoms. The van der Waals surface area contributed by atoms with Crippen molar-refractivity contribution in [1.82, 2.24) is 24.5 Å². The predicted octanol–water partition coefficient (Wildman–Crippen LogP) is 3.29. The summed E-state index contributed by atoms with van der Waals surface area (Å²) < 4.78 is 2.06. The number of imidazole rings is 2. The van der Waals surface area contributed by atoms with Gasteiger partial charge in [-0.1, -0.05) is 18.5 Å². The summed E-state index contributed by atoms with van der Waals surface area (Å²) in [6, 6.07) is 16.7. The van der Waals surface area contributed by atoms with Crippen LogP contribution in [0.4, 0.5) is 0 Å². The number of pyridine rings is 1. The van der Waals surface area contributed by atoms with Crippen LogP contribution in [0.1, 0.15) is 5.69 Å². The fourth-order valence-electron chi connectivity index (χ4n) is 2.15. The molecule has 0 aliphatic carbocycles. The number of rotatable bonds is 2. The van der Waals surface area contributed by atoms with Crippen LogP contribution < -0.4 is 4.98 Å². The van der Waals surface area contributed by atoms with Gasteiger partial charge >= 0.3 is 21.1 Å². The van der Waals surface area contributed by atoms with E-state index in [-0.39, 0.29) is 21.1 Å². The van der Waals surface area contributed by atoms with Crippen LogP contribution in [-0.2, 0) is 28.1 Å². The minimum atomic E-state index is 0. The van der Waals surface area contributed by atoms with Crippen molar-refractivity contribution in [3.8, 4) is 22.9 Å². The molecule has 6 heteroatoms. The fourth-order valence-corrected chi connectivity index (χ4v) is 2.15. The Balaban J connectivity index is 0.000000175. The van der Waals surface area contributed by atoms with Gasteiger partial charge in [0, 0.05) is 25.1 Å². The minimum absolute atomic E-state index is 0. The van der Waals surface area contributed by atoms with E-state index in [0.717, 1.165) is 22.8 Å². The zero-order valence-electron chi connectivity index (χ0n) is 13.9. The zero-order valence-corrected chi connectivity index (χ0v) is 16.2. The van der Waals surface area contributed by atoms with Gasteiger partial charge in [-0.25, -0.2) is 0 Å². The molecule has 0 bridgehead atoms. The second-order valence-electron chi connectivity index (χ2n) is 5.15. The molecular formula is C19H17N5Pt. The molecule has 0 fully saturated rings. The molecule has 0 saturated carbocycles. The monoisotopic (exact) mass is 510 g/mol. The Kier molecular flexibility index (Phi) is 6.84. The van der Waals surface area contributed by atoms with Crippen molar-refractivity contribution in [2.24, 2.45) is 7.05 Å². The predicted molar refractivity (Wildman–Crippen MR) is 93.0 cm³/mol. The summed E-state index contributed by atoms with van der Waals surface area (Å²) in [6.07, 6.45) is 6.91. The van der Waals surface area contributed by atoms with Gasteiger partial charge in [-0.05, 0) is 24.9 Å². The van der Waals surface area contributed by atoms with Crippen LogP contribution in [0.2, 0.25) is 0 Å². The molecule has 3 aromatic heterocycles. The smallest absolute Gasteiger partial charge is 0.441 e. The van der Waals surface area contributed by atoms with Crippen molar-refractivity contribution in [1.29, 1.82) is 0 Å². The molecule has 0 aliphatic heterocycles. The molecule has 4 aromatic rings. The van der Waals surface area contributed by atoms with Gasteiger partial charge in [0.05, 0.1) is 11.5 Å². The summed E-state index contributed by atoms with van der Waals surface area (Å²) in [4.78, 5) is 16.4. The maximum absolute atomic E-state index is 4.32. The van der Waals surface area contributed by atoms with Gasteiger partial charge in [-0.15, -0.1) is 35.9 Å². The topological polar surface area (TPSA) is 57.7 Å². The van der Waals surface area contributed by atoms with Crippen molar-refractivity contribution in [3.05, 3.63) is 79.0 Å². The molecule has 0 spiro atoms. The first kappa shape index (κ1) is 18.8. The zero-order chi connectivity index (χ0) is 16.8. The molecule has 128 valence electrons. The van der Waals surface area contributed by atoms with Crippen LogP contribution in [0.15, 0.2) is 67.3 Å². The van der Waals surface area contributed by atoms with Crippen LogP contribution in [0.3, 0.4) is 0 Å². The summed E-state index contributed by atoms with van der Waals surface area (Å²) in [5, 5.41) is 0. The van der Waals surface area contributed by atoms with Gasteiger partial charge in [-0.3, -0.25) is 9.97 Å². The third-order valence-electron chi connectivity index (χ3n) is 3.52. The van der Waals surface area contributed by atoms with Crippen LogP contribution in [0, 0.1) is 13.0 Å². The molecule has 4 rings (SSSR count). The van der Waals surface area contributed by atoms with E-state index in [9.17, 15) is 0 Å². The molecule has 0 aliphatic rings. The van der Waals surface area contributed by atoms with Crippen LogP contribution in [0.25, 0.3) is 22.9 Å². The average molecular weight is 510 g/mol. The minimum Gasteiger partial charge on any atom is -0.441 e. The molecule has 0 unspecified atom stereocenters. The van der Waals surface area contributed by atoms with E-state index in [0.29, 0.717) is 5.82 Å². The second-order valence-corrected chi connectivity index (χ2v) is 5.15. The first-order valence-electron chi connectivity index (χ1n) is 7.56. The fraction of sp³-hybridized carbons (Fsp3) is 0.105.